The number of aromatic nitrogens is 4. The van der Waals surface area contributed by atoms with E-state index in [1.54, 1.807) is 43.9 Å². The van der Waals surface area contributed by atoms with Crippen LogP contribution in [0.5, 0.6) is 5.75 Å². The van der Waals surface area contributed by atoms with E-state index in [0.717, 1.165) is 0 Å². The summed E-state index contributed by atoms with van der Waals surface area (Å²) in [6.45, 7) is 0.261. The molecule has 0 saturated carbocycles. The molecule has 3 rings (SSSR count). The number of pyridine rings is 2. The second-order valence-corrected chi connectivity index (χ2v) is 5.45. The molecular weight excluding hydrogens is 346 g/mol. The lowest BCUT2D eigenvalue weighted by Gasteiger charge is -2.06. The van der Waals surface area contributed by atoms with Gasteiger partial charge in [0, 0.05) is 24.4 Å². The van der Waals surface area contributed by atoms with Crippen LogP contribution < -0.4 is 10.1 Å². The first-order valence-corrected chi connectivity index (χ1v) is 7.61. The summed E-state index contributed by atoms with van der Waals surface area (Å²) in [4.78, 5) is 19.5. The van der Waals surface area contributed by atoms with E-state index in [1.807, 2.05) is 0 Å². The summed E-state index contributed by atoms with van der Waals surface area (Å²) >= 11 is 5.77. The average molecular weight is 360 g/mol. The molecule has 0 unspecified atom stereocenters. The Hall–Kier alpha value is -3.13. The van der Waals surface area contributed by atoms with Crippen molar-refractivity contribution in [2.75, 3.05) is 12.4 Å². The van der Waals surface area contributed by atoms with Crippen molar-refractivity contribution in [3.63, 3.8) is 0 Å². The predicted octanol–water partition coefficient (Wildman–Crippen LogP) is 2.63. The Morgan fingerprint density at radius 3 is 2.88 bits per heavy atom. The molecule has 0 aliphatic carbocycles. The molecule has 3 heterocycles. The van der Waals surface area contributed by atoms with Gasteiger partial charge in [-0.1, -0.05) is 11.6 Å². The van der Waals surface area contributed by atoms with Gasteiger partial charge in [-0.05, 0) is 12.1 Å². The maximum absolute atomic E-state index is 11.5. The molecule has 9 heteroatoms. The number of ether oxygens (including phenoxy) is 1. The molecule has 128 valence electrons. The van der Waals surface area contributed by atoms with Gasteiger partial charge in [0.05, 0.1) is 37.1 Å². The summed E-state index contributed by atoms with van der Waals surface area (Å²) in [5.41, 5.74) is 1.79. The lowest BCUT2D eigenvalue weighted by molar-refractivity contribution is 0.0689. The molecule has 3 aromatic heterocycles. The Kier molecular flexibility index (Phi) is 4.80. The van der Waals surface area contributed by atoms with Crippen molar-refractivity contribution in [3.05, 3.63) is 59.4 Å². The molecule has 3 aromatic rings. The number of aromatic carboxylic acids is 1. The molecule has 8 nitrogen and oxygen atoms in total. The number of hydrogen-bond donors (Lipinski definition) is 2. The third-order valence-electron chi connectivity index (χ3n) is 3.40. The number of nitrogens with one attached hydrogen (secondary N) is 1. The Bertz CT molecular complexity index is 895. The molecule has 0 radical (unpaired) electrons. The standard InChI is InChI=1S/C16H14ClN5O3/c1-25-13-4-11(6-18-8-13)19-5-10-9-22(21-15(10)16(23)24)12-2-3-14(17)20-7-12/h2-4,6-9,19H,5H2,1H3,(H,23,24). The fourth-order valence-corrected chi connectivity index (χ4v) is 2.29. The molecule has 2 N–H and O–H groups in total. The second-order valence-electron chi connectivity index (χ2n) is 5.06. The molecule has 0 aromatic carbocycles. The maximum atomic E-state index is 11.5. The van der Waals surface area contributed by atoms with Crippen LogP contribution >= 0.6 is 11.6 Å². The number of rotatable bonds is 6. The van der Waals surface area contributed by atoms with Crippen molar-refractivity contribution >= 4 is 23.3 Å². The van der Waals surface area contributed by atoms with Gasteiger partial charge in [-0.25, -0.2) is 14.5 Å². The first-order chi connectivity index (χ1) is 12.1. The van der Waals surface area contributed by atoms with Crippen LogP contribution in [-0.2, 0) is 6.54 Å². The zero-order valence-corrected chi connectivity index (χ0v) is 13.9. The molecule has 0 fully saturated rings. The summed E-state index contributed by atoms with van der Waals surface area (Å²) in [6, 6.07) is 5.08. The minimum Gasteiger partial charge on any atom is -0.495 e. The minimum atomic E-state index is -1.11. The quantitative estimate of drug-likeness (QED) is 0.652. The zero-order chi connectivity index (χ0) is 17.8. The number of halogens is 1. The second kappa shape index (κ2) is 7.18. The zero-order valence-electron chi connectivity index (χ0n) is 13.2. The van der Waals surface area contributed by atoms with E-state index < -0.39 is 5.97 Å². The van der Waals surface area contributed by atoms with Crippen LogP contribution in [0.2, 0.25) is 5.15 Å². The van der Waals surface area contributed by atoms with E-state index in [4.69, 9.17) is 16.3 Å². The van der Waals surface area contributed by atoms with Crippen molar-refractivity contribution in [1.82, 2.24) is 19.7 Å². The van der Waals surface area contributed by atoms with Crippen molar-refractivity contribution in [3.8, 4) is 11.4 Å². The van der Waals surface area contributed by atoms with Gasteiger partial charge in [0.15, 0.2) is 5.69 Å². The summed E-state index contributed by atoms with van der Waals surface area (Å²) < 4.78 is 6.56. The predicted molar refractivity (Wildman–Crippen MR) is 91.4 cm³/mol. The van der Waals surface area contributed by atoms with E-state index in [9.17, 15) is 9.90 Å². The summed E-state index contributed by atoms with van der Waals surface area (Å²) in [7, 11) is 1.55. The highest BCUT2D eigenvalue weighted by atomic mass is 35.5. The summed E-state index contributed by atoms with van der Waals surface area (Å²) in [5.74, 6) is -0.507. The minimum absolute atomic E-state index is 0.0432. The summed E-state index contributed by atoms with van der Waals surface area (Å²) in [5, 5.41) is 16.9. The number of carboxylic acid groups (broad SMARTS) is 1. The molecule has 0 spiro atoms. The number of methoxy groups -OCH3 is 1. The molecule has 0 atom stereocenters. The molecule has 25 heavy (non-hydrogen) atoms. The van der Waals surface area contributed by atoms with Crippen LogP contribution in [0.1, 0.15) is 16.1 Å². The SMILES string of the molecule is COc1cncc(NCc2cn(-c3ccc(Cl)nc3)nc2C(=O)O)c1. The van der Waals surface area contributed by atoms with Gasteiger partial charge >= 0.3 is 5.97 Å². The highest BCUT2D eigenvalue weighted by molar-refractivity contribution is 6.29. The van der Waals surface area contributed by atoms with Crippen molar-refractivity contribution in [2.45, 2.75) is 6.54 Å². The number of carboxylic acids is 1. The Balaban J connectivity index is 1.84. The molecule has 0 aliphatic rings. The van der Waals surface area contributed by atoms with Gasteiger partial charge in [0.2, 0.25) is 0 Å². The first-order valence-electron chi connectivity index (χ1n) is 7.23. The first kappa shape index (κ1) is 16.7. The fraction of sp³-hybridized carbons (Fsp3) is 0.125. The maximum Gasteiger partial charge on any atom is 0.356 e. The van der Waals surface area contributed by atoms with Crippen molar-refractivity contribution in [1.29, 1.82) is 0 Å². The largest absolute Gasteiger partial charge is 0.495 e. The average Bonchev–Trinajstić information content (AvgIpc) is 3.05. The van der Waals surface area contributed by atoms with E-state index >= 15 is 0 Å². The third-order valence-corrected chi connectivity index (χ3v) is 3.62. The Morgan fingerprint density at radius 2 is 2.20 bits per heavy atom. The monoisotopic (exact) mass is 359 g/mol. The molecule has 0 aliphatic heterocycles. The normalized spacial score (nSPS) is 10.5. The number of hydrogen-bond acceptors (Lipinski definition) is 6. The number of anilines is 1. The molecular formula is C16H14ClN5O3. The highest BCUT2D eigenvalue weighted by Gasteiger charge is 2.16. The topological polar surface area (TPSA) is 102 Å². The van der Waals surface area contributed by atoms with Gasteiger partial charge in [-0.2, -0.15) is 5.10 Å². The van der Waals surface area contributed by atoms with Crippen LogP contribution in [-0.4, -0.2) is 37.9 Å². The Morgan fingerprint density at radius 1 is 1.36 bits per heavy atom. The van der Waals surface area contributed by atoms with Crippen molar-refractivity contribution in [2.24, 2.45) is 0 Å². The summed E-state index contributed by atoms with van der Waals surface area (Å²) in [6.07, 6.45) is 6.36. The fourth-order valence-electron chi connectivity index (χ4n) is 2.18. The van der Waals surface area contributed by atoms with E-state index in [-0.39, 0.29) is 12.2 Å². The van der Waals surface area contributed by atoms with Gasteiger partial charge in [0.25, 0.3) is 0 Å². The molecule has 0 amide bonds. The van der Waals surface area contributed by atoms with E-state index in [0.29, 0.717) is 27.8 Å². The van der Waals surface area contributed by atoms with Gasteiger partial charge in [-0.3, -0.25) is 4.98 Å². The number of nitrogens with zero attached hydrogens (tertiary/aromatic N) is 4. The van der Waals surface area contributed by atoms with Gasteiger partial charge in [0.1, 0.15) is 10.9 Å². The van der Waals surface area contributed by atoms with Gasteiger partial charge in [-0.15, -0.1) is 0 Å². The third kappa shape index (κ3) is 3.86. The van der Waals surface area contributed by atoms with E-state index in [1.165, 1.54) is 10.9 Å². The van der Waals surface area contributed by atoms with Crippen molar-refractivity contribution < 1.29 is 14.6 Å². The molecule has 0 bridgehead atoms. The smallest absolute Gasteiger partial charge is 0.356 e. The van der Waals surface area contributed by atoms with Gasteiger partial charge < -0.3 is 15.2 Å². The van der Waals surface area contributed by atoms with E-state index in [2.05, 4.69) is 20.4 Å². The van der Waals surface area contributed by atoms with Crippen LogP contribution in [0.15, 0.2) is 43.0 Å². The highest BCUT2D eigenvalue weighted by Crippen LogP contribution is 2.18. The van der Waals surface area contributed by atoms with Crippen LogP contribution in [0, 0.1) is 0 Å². The van der Waals surface area contributed by atoms with Crippen LogP contribution in [0.3, 0.4) is 0 Å². The lowest BCUT2D eigenvalue weighted by Crippen LogP contribution is -2.06. The Labute approximate surface area is 148 Å². The molecule has 0 saturated heterocycles. The van der Waals surface area contributed by atoms with Crippen LogP contribution in [0.4, 0.5) is 5.69 Å². The lowest BCUT2D eigenvalue weighted by atomic mass is 10.2. The van der Waals surface area contributed by atoms with Crippen LogP contribution in [0.25, 0.3) is 5.69 Å². The number of carbonyl (C=O) groups is 1.